The summed E-state index contributed by atoms with van der Waals surface area (Å²) < 4.78 is 15.3. The van der Waals surface area contributed by atoms with Crippen LogP contribution in [0.1, 0.15) is 455 Å². The van der Waals surface area contributed by atoms with E-state index in [-0.39, 0.29) is 0 Å². The van der Waals surface area contributed by atoms with Crippen molar-refractivity contribution < 1.29 is 14.2 Å². The molecule has 10 heterocycles. The zero-order chi connectivity index (χ0) is 108. The zero-order valence-electron chi connectivity index (χ0n) is 105. The van der Waals surface area contributed by atoms with E-state index >= 15 is 0 Å². The topological polar surface area (TPSA) is 63.3 Å². The molecule has 0 unspecified atom stereocenters. The van der Waals surface area contributed by atoms with Gasteiger partial charge in [-0.05, 0) is 480 Å². The fraction of sp³-hybridized carbons (Fsp3) is 1.00. The highest BCUT2D eigenvalue weighted by molar-refractivity contribution is 5.00. The van der Waals surface area contributed by atoms with Crippen molar-refractivity contribution in [3.8, 4) is 0 Å². The van der Waals surface area contributed by atoms with Crippen LogP contribution in [0.25, 0.3) is 0 Å². The van der Waals surface area contributed by atoms with Gasteiger partial charge >= 0.3 is 0 Å². The molecule has 14 rings (SSSR count). The molecule has 0 radical (unpaired) electrons. The van der Waals surface area contributed by atoms with Crippen molar-refractivity contribution in [3.63, 3.8) is 0 Å². The number of rotatable bonds is 23. The Hall–Kier alpha value is -0.560. The minimum Gasteiger partial charge on any atom is -0.385 e. The Balaban J connectivity index is 0.000000280. The number of hydrogen-bond donors (Lipinski definition) is 0. The highest BCUT2D eigenvalue weighted by atomic mass is 16.5. The van der Waals surface area contributed by atoms with Crippen LogP contribution in [0.2, 0.25) is 0 Å². The van der Waals surface area contributed by atoms with Gasteiger partial charge in [-0.2, -0.15) is 0 Å². The van der Waals surface area contributed by atoms with Gasteiger partial charge in [-0.25, -0.2) is 0 Å². The third-order valence-corrected chi connectivity index (χ3v) is 41.3. The van der Waals surface area contributed by atoms with Gasteiger partial charge in [-0.15, -0.1) is 0 Å². The molecule has 850 valence electrons. The minimum atomic E-state index is 0.431. The van der Waals surface area contributed by atoms with Gasteiger partial charge < -0.3 is 68.1 Å². The van der Waals surface area contributed by atoms with E-state index in [4.69, 9.17) is 14.2 Å². The van der Waals surface area contributed by atoms with E-state index in [9.17, 15) is 0 Å². The van der Waals surface area contributed by atoms with Gasteiger partial charge in [-0.3, -0.25) is 0 Å². The minimum absolute atomic E-state index is 0.431. The summed E-state index contributed by atoms with van der Waals surface area (Å²) in [5.74, 6) is 6.82. The lowest BCUT2D eigenvalue weighted by atomic mass is 9.63. The van der Waals surface area contributed by atoms with E-state index in [0.717, 1.165) is 86.4 Å². The van der Waals surface area contributed by atoms with Crippen molar-refractivity contribution in [1.29, 1.82) is 0 Å². The summed E-state index contributed by atoms with van der Waals surface area (Å²) in [5, 5.41) is 0. The summed E-state index contributed by atoms with van der Waals surface area (Å²) >= 11 is 0. The summed E-state index contributed by atoms with van der Waals surface area (Å²) in [6.45, 7) is 129. The number of piperidine rings is 10. The van der Waals surface area contributed by atoms with Crippen LogP contribution in [0.5, 0.6) is 0 Å². The SMILES string of the molecule is CC(C)(C)C1(C)CCN(C2CC2)CC1.CC(C)(C)C1(C)CCN(CC2CC2)CC1.CC(C)(C)C1CCN(C2CC2)CC1.CC(C)(C)C1CCN(CC2CC2)CC1.CCCN1CCC(C(C)(C)C)CC1.CCCN1CCC(C)(C(C)(C)C)CC1.CN(C)CCN1CCC(C(C)(C)C)CC1.COCCCN1CCC(C)(C(C)(C)C)CC1.COCCN1CCC(C(C)(C)C)CC1.COCCN1CCC(C)(C(C)(C)C)CC1. The fourth-order valence-corrected chi connectivity index (χ4v) is 24.4. The largest absolute Gasteiger partial charge is 0.385 e. The van der Waals surface area contributed by atoms with Gasteiger partial charge in [0.2, 0.25) is 0 Å². The summed E-state index contributed by atoms with van der Waals surface area (Å²) in [4.78, 5) is 28.6. The molecule has 10 aliphatic heterocycles. The number of likely N-dealkylation sites (N-methyl/N-ethyl adjacent to an activating group) is 1. The van der Waals surface area contributed by atoms with Crippen LogP contribution in [0.15, 0.2) is 0 Å². The lowest BCUT2D eigenvalue weighted by Crippen LogP contribution is -2.45. The first kappa shape index (κ1) is 133. The maximum Gasteiger partial charge on any atom is 0.0589 e. The van der Waals surface area contributed by atoms with Gasteiger partial charge in [0.15, 0.2) is 0 Å². The van der Waals surface area contributed by atoms with E-state index in [1.54, 1.807) is 21.3 Å². The third-order valence-electron chi connectivity index (χ3n) is 41.3. The van der Waals surface area contributed by atoms with Crippen molar-refractivity contribution in [2.45, 2.75) is 467 Å². The van der Waals surface area contributed by atoms with Crippen LogP contribution in [0, 0.1) is 123 Å². The Morgan fingerprint density at radius 3 is 0.664 bits per heavy atom. The molecule has 0 aromatic carbocycles. The third kappa shape index (κ3) is 49.2. The zero-order valence-corrected chi connectivity index (χ0v) is 105. The van der Waals surface area contributed by atoms with Crippen molar-refractivity contribution >= 4 is 0 Å². The number of ether oxygens (including phenoxy) is 3. The molecule has 14 aliphatic rings. The predicted molar refractivity (Wildman–Crippen MR) is 630 cm³/mol. The predicted octanol–water partition coefficient (Wildman–Crippen LogP) is 30.3. The molecule has 14 fully saturated rings. The van der Waals surface area contributed by atoms with Crippen molar-refractivity contribution in [3.05, 3.63) is 0 Å². The Labute approximate surface area is 897 Å². The molecular weight excluding hydrogens is 1750 g/mol. The molecule has 10 saturated heterocycles. The van der Waals surface area contributed by atoms with E-state index in [1.807, 2.05) is 0 Å². The molecule has 0 aromatic rings. The van der Waals surface area contributed by atoms with Crippen LogP contribution in [-0.2, 0) is 14.2 Å². The van der Waals surface area contributed by atoms with Crippen molar-refractivity contribution in [2.75, 3.05) is 245 Å². The molecule has 14 heteroatoms. The lowest BCUT2D eigenvalue weighted by Gasteiger charge is -2.48. The fourth-order valence-electron chi connectivity index (χ4n) is 24.4. The Morgan fingerprint density at radius 2 is 0.434 bits per heavy atom. The molecule has 143 heavy (non-hydrogen) atoms. The van der Waals surface area contributed by atoms with E-state index in [2.05, 4.69) is 324 Å². The summed E-state index contributed by atoms with van der Waals surface area (Å²) in [6.07, 6.45) is 43.3. The second-order valence-corrected chi connectivity index (χ2v) is 62.0. The molecule has 14 nitrogen and oxygen atoms in total. The molecule has 0 amide bonds. The normalized spacial score (nSPS) is 24.5. The summed E-state index contributed by atoms with van der Waals surface area (Å²) in [7, 11) is 9.65. The monoisotopic (exact) mass is 2010 g/mol. The molecule has 0 aromatic heterocycles. The average molecular weight is 2010 g/mol. The van der Waals surface area contributed by atoms with Crippen molar-refractivity contribution in [2.24, 2.45) is 123 Å². The van der Waals surface area contributed by atoms with Crippen LogP contribution >= 0.6 is 0 Å². The smallest absolute Gasteiger partial charge is 0.0589 e. The van der Waals surface area contributed by atoms with Gasteiger partial charge in [-0.1, -0.05) is 256 Å². The molecule has 0 spiro atoms. The maximum absolute atomic E-state index is 5.12. The van der Waals surface area contributed by atoms with Gasteiger partial charge in [0, 0.05) is 85.8 Å². The Bertz CT molecular complexity index is 3220. The second kappa shape index (κ2) is 60.1. The average Bonchev–Trinajstić information content (AvgIpc) is 1.78. The maximum atomic E-state index is 5.12. The van der Waals surface area contributed by atoms with E-state index < -0.39 is 0 Å². The Kier molecular flexibility index (Phi) is 55.8. The van der Waals surface area contributed by atoms with E-state index in [1.165, 1.54) is 376 Å². The lowest BCUT2D eigenvalue weighted by molar-refractivity contribution is 0.0148. The standard InChI is InChI=1S/C14H29NO.C14H27N.C13H28N2.C13H27NO.2C13H25N.C13H27N.C12H25NO.C12H23N.C12H25N/c1-13(2,3)14(4)7-10-15(11-8-14)9-6-12-16-5;1-13(2,3)14(4)7-9-15(10-8-14)11-12-5-6-12;1-13(2,3)12-6-8-15(9-7-12)11-10-14(4)5;1-12(2,3)13(4)6-8-14(9-7-13)10-11-15-5;1-12(2,3)13(4)7-9-14(10-8-13)11-5-6-11;1-13(2,3)12-6-8-14(9-7-12)10-11-4-5-11;1-6-9-14-10-7-13(5,8-11-14)12(2,3)4;1-12(2,3)11-5-7-13(8-6-11)9-10-14-4;1-12(2,3)10-6-8-13(9-7-10)11-4-5-11;1-5-8-13-9-6-11(7-10-13)12(2,3)4/h6-12H2,1-5H3;12H,5-11H2,1-4H3;12H,6-11H2,1-5H3;6-11H2,1-5H3;11H,5-10H2,1-4H3;11-12H,4-10H2,1-3H3;6-11H2,1-5H3;11H,5-10H2,1-4H3;10-11H,4-9H2,1-3H3;11H,5-10H2,1-4H3. The summed E-state index contributed by atoms with van der Waals surface area (Å²) in [5.41, 5.74) is 7.59. The first-order chi connectivity index (χ1) is 66.1. The molecule has 0 atom stereocenters. The van der Waals surface area contributed by atoms with Crippen molar-refractivity contribution in [1.82, 2.24) is 53.9 Å². The second-order valence-electron chi connectivity index (χ2n) is 62.0. The molecule has 0 bridgehead atoms. The van der Waals surface area contributed by atoms with Gasteiger partial charge in [0.25, 0.3) is 0 Å². The molecule has 4 aliphatic carbocycles. The first-order valence-corrected chi connectivity index (χ1v) is 61.5. The number of hydrogen-bond acceptors (Lipinski definition) is 14. The molecule has 0 N–H and O–H groups in total. The van der Waals surface area contributed by atoms with Crippen LogP contribution in [0.3, 0.4) is 0 Å². The van der Waals surface area contributed by atoms with Crippen LogP contribution in [-0.4, -0.2) is 311 Å². The van der Waals surface area contributed by atoms with Crippen LogP contribution in [0.4, 0.5) is 0 Å². The highest BCUT2D eigenvalue weighted by Gasteiger charge is 2.47. The number of nitrogens with zero attached hydrogens (tertiary/aromatic N) is 11. The molecular formula is C129H261N11O3. The number of likely N-dealkylation sites (tertiary alicyclic amines) is 10. The number of methoxy groups -OCH3 is 3. The highest BCUT2D eigenvalue weighted by Crippen LogP contribution is 2.53. The van der Waals surface area contributed by atoms with Gasteiger partial charge in [0.1, 0.15) is 0 Å². The first-order valence-electron chi connectivity index (χ1n) is 61.5. The van der Waals surface area contributed by atoms with E-state index in [0.29, 0.717) is 81.2 Å². The summed E-state index contributed by atoms with van der Waals surface area (Å²) in [6, 6.07) is 1.96. The van der Waals surface area contributed by atoms with Gasteiger partial charge in [0.05, 0.1) is 13.2 Å². The van der Waals surface area contributed by atoms with Crippen LogP contribution < -0.4 is 0 Å². The Morgan fingerprint density at radius 1 is 0.231 bits per heavy atom. The quantitative estimate of drug-likeness (QED) is 0.0913. The molecule has 4 saturated carbocycles.